The highest BCUT2D eigenvalue weighted by Gasteiger charge is 2.15. The SMILES string of the molecule is O=C(CCc1ccccc1O)N/N=C\c1ccc(OS(=O)(=O)c2ccccc2)cc1. The van der Waals surface area contributed by atoms with Crippen LogP contribution in [0.25, 0.3) is 0 Å². The van der Waals surface area contributed by atoms with E-state index in [1.54, 1.807) is 54.6 Å². The standard InChI is InChI=1S/C22H20N2O5S/c25-21-9-5-4-6-18(21)12-15-22(26)24-23-16-17-10-13-19(14-11-17)29-30(27,28)20-7-2-1-3-8-20/h1-11,13-14,16,25H,12,15H2,(H,24,26)/b23-16-. The molecule has 0 fully saturated rings. The fourth-order valence-electron chi connectivity index (χ4n) is 2.58. The second-order valence-corrected chi connectivity index (χ2v) is 7.89. The molecule has 8 heteroatoms. The molecule has 0 heterocycles. The summed E-state index contributed by atoms with van der Waals surface area (Å²) >= 11 is 0. The number of aryl methyl sites for hydroxylation is 1. The summed E-state index contributed by atoms with van der Waals surface area (Å²) in [4.78, 5) is 11.9. The molecule has 0 spiro atoms. The highest BCUT2D eigenvalue weighted by atomic mass is 32.2. The molecular formula is C22H20N2O5S. The summed E-state index contributed by atoms with van der Waals surface area (Å²) in [6.07, 6.45) is 2.02. The van der Waals surface area contributed by atoms with E-state index in [9.17, 15) is 18.3 Å². The Hall–Kier alpha value is -3.65. The van der Waals surface area contributed by atoms with Gasteiger partial charge in [-0.3, -0.25) is 4.79 Å². The lowest BCUT2D eigenvalue weighted by atomic mass is 10.1. The Kier molecular flexibility index (Phi) is 6.82. The van der Waals surface area contributed by atoms with Crippen LogP contribution in [-0.2, 0) is 21.3 Å². The minimum Gasteiger partial charge on any atom is -0.508 e. The normalized spacial score (nSPS) is 11.3. The summed E-state index contributed by atoms with van der Waals surface area (Å²) in [5, 5.41) is 13.6. The van der Waals surface area contributed by atoms with Crippen LogP contribution in [0.4, 0.5) is 0 Å². The van der Waals surface area contributed by atoms with Crippen LogP contribution in [0.1, 0.15) is 17.5 Å². The number of nitrogens with one attached hydrogen (secondary N) is 1. The fourth-order valence-corrected chi connectivity index (χ4v) is 3.53. The van der Waals surface area contributed by atoms with Crippen LogP contribution >= 0.6 is 0 Å². The van der Waals surface area contributed by atoms with Gasteiger partial charge in [-0.1, -0.05) is 36.4 Å². The van der Waals surface area contributed by atoms with E-state index in [1.807, 2.05) is 0 Å². The van der Waals surface area contributed by atoms with Crippen LogP contribution in [0.5, 0.6) is 11.5 Å². The Balaban J connectivity index is 1.51. The summed E-state index contributed by atoms with van der Waals surface area (Å²) in [6, 6.07) is 21.0. The van der Waals surface area contributed by atoms with Gasteiger partial charge in [-0.2, -0.15) is 13.5 Å². The second kappa shape index (κ2) is 9.71. The summed E-state index contributed by atoms with van der Waals surface area (Å²) in [7, 11) is -3.90. The molecule has 0 radical (unpaired) electrons. The fraction of sp³-hybridized carbons (Fsp3) is 0.0909. The van der Waals surface area contributed by atoms with E-state index in [0.29, 0.717) is 17.5 Å². The lowest BCUT2D eigenvalue weighted by Crippen LogP contribution is -2.17. The third kappa shape index (κ3) is 5.92. The Bertz CT molecular complexity index is 1130. The molecule has 7 nitrogen and oxygen atoms in total. The highest BCUT2D eigenvalue weighted by molar-refractivity contribution is 7.87. The molecule has 0 saturated carbocycles. The first-order valence-electron chi connectivity index (χ1n) is 9.12. The molecule has 0 aliphatic carbocycles. The Labute approximate surface area is 174 Å². The van der Waals surface area contributed by atoms with Gasteiger partial charge in [0.1, 0.15) is 16.4 Å². The maximum atomic E-state index is 12.2. The largest absolute Gasteiger partial charge is 0.508 e. The van der Waals surface area contributed by atoms with Gasteiger partial charge in [0.15, 0.2) is 0 Å². The number of aromatic hydroxyl groups is 1. The van der Waals surface area contributed by atoms with Gasteiger partial charge in [0, 0.05) is 6.42 Å². The van der Waals surface area contributed by atoms with Crippen molar-refractivity contribution in [3.8, 4) is 11.5 Å². The number of hydrogen-bond acceptors (Lipinski definition) is 6. The quantitative estimate of drug-likeness (QED) is 0.328. The predicted molar refractivity (Wildman–Crippen MR) is 113 cm³/mol. The molecule has 0 saturated heterocycles. The van der Waals surface area contributed by atoms with Crippen molar-refractivity contribution in [3.63, 3.8) is 0 Å². The molecule has 0 bridgehead atoms. The van der Waals surface area contributed by atoms with Crippen molar-refractivity contribution in [2.75, 3.05) is 0 Å². The van der Waals surface area contributed by atoms with Crippen LogP contribution in [0, 0.1) is 0 Å². The Morgan fingerprint density at radius 2 is 1.63 bits per heavy atom. The maximum Gasteiger partial charge on any atom is 0.339 e. The van der Waals surface area contributed by atoms with Gasteiger partial charge in [0.25, 0.3) is 0 Å². The van der Waals surface area contributed by atoms with Crippen molar-refractivity contribution < 1.29 is 22.5 Å². The summed E-state index contributed by atoms with van der Waals surface area (Å²) < 4.78 is 29.5. The molecular weight excluding hydrogens is 404 g/mol. The number of phenolic OH excluding ortho intramolecular Hbond substituents is 1. The molecule has 0 aliphatic rings. The number of hydrogen-bond donors (Lipinski definition) is 2. The number of benzene rings is 3. The number of rotatable bonds is 8. The predicted octanol–water partition coefficient (Wildman–Crippen LogP) is 3.24. The summed E-state index contributed by atoms with van der Waals surface area (Å²) in [5.74, 6) is 0.0384. The summed E-state index contributed by atoms with van der Waals surface area (Å²) in [5.41, 5.74) is 3.76. The zero-order chi connectivity index (χ0) is 21.4. The van der Waals surface area contributed by atoms with Crippen molar-refractivity contribution in [2.45, 2.75) is 17.7 Å². The lowest BCUT2D eigenvalue weighted by Gasteiger charge is -2.07. The smallest absolute Gasteiger partial charge is 0.339 e. The number of para-hydroxylation sites is 1. The maximum absolute atomic E-state index is 12.2. The topological polar surface area (TPSA) is 105 Å². The van der Waals surface area contributed by atoms with E-state index in [-0.39, 0.29) is 28.7 Å². The zero-order valence-electron chi connectivity index (χ0n) is 15.9. The van der Waals surface area contributed by atoms with Crippen molar-refractivity contribution in [2.24, 2.45) is 5.10 Å². The first-order valence-corrected chi connectivity index (χ1v) is 10.5. The van der Waals surface area contributed by atoms with Crippen molar-refractivity contribution >= 4 is 22.2 Å². The van der Waals surface area contributed by atoms with Crippen LogP contribution in [0.3, 0.4) is 0 Å². The molecule has 3 aromatic carbocycles. The third-order valence-electron chi connectivity index (χ3n) is 4.13. The molecule has 0 aliphatic heterocycles. The average Bonchev–Trinajstić information content (AvgIpc) is 2.75. The number of carbonyl (C=O) groups is 1. The highest BCUT2D eigenvalue weighted by Crippen LogP contribution is 2.19. The molecule has 0 unspecified atom stereocenters. The molecule has 0 atom stereocenters. The van der Waals surface area contributed by atoms with E-state index in [2.05, 4.69) is 10.5 Å². The van der Waals surface area contributed by atoms with Gasteiger partial charge in [-0.25, -0.2) is 5.43 Å². The third-order valence-corrected chi connectivity index (χ3v) is 5.40. The van der Waals surface area contributed by atoms with Gasteiger partial charge in [0.05, 0.1) is 6.21 Å². The van der Waals surface area contributed by atoms with Gasteiger partial charge < -0.3 is 9.29 Å². The average molecular weight is 424 g/mol. The molecule has 2 N–H and O–H groups in total. The zero-order valence-corrected chi connectivity index (χ0v) is 16.7. The number of phenols is 1. The van der Waals surface area contributed by atoms with E-state index in [1.165, 1.54) is 30.5 Å². The van der Waals surface area contributed by atoms with Crippen LogP contribution in [-0.4, -0.2) is 25.6 Å². The van der Waals surface area contributed by atoms with E-state index in [0.717, 1.165) is 0 Å². The van der Waals surface area contributed by atoms with Gasteiger partial charge in [0.2, 0.25) is 5.91 Å². The number of carbonyl (C=O) groups excluding carboxylic acids is 1. The second-order valence-electron chi connectivity index (χ2n) is 6.34. The van der Waals surface area contributed by atoms with Crippen LogP contribution in [0.15, 0.2) is 88.9 Å². The number of hydrazone groups is 1. The molecule has 0 aromatic heterocycles. The van der Waals surface area contributed by atoms with Crippen molar-refractivity contribution in [1.29, 1.82) is 0 Å². The van der Waals surface area contributed by atoms with Gasteiger partial charge >= 0.3 is 10.1 Å². The Morgan fingerprint density at radius 1 is 0.967 bits per heavy atom. The first kappa shape index (κ1) is 21.1. The summed E-state index contributed by atoms with van der Waals surface area (Å²) in [6.45, 7) is 0. The van der Waals surface area contributed by atoms with Gasteiger partial charge in [-0.05, 0) is 60.0 Å². The number of amides is 1. The van der Waals surface area contributed by atoms with E-state index >= 15 is 0 Å². The van der Waals surface area contributed by atoms with Crippen molar-refractivity contribution in [3.05, 3.63) is 90.0 Å². The molecule has 1 amide bonds. The first-order chi connectivity index (χ1) is 14.4. The van der Waals surface area contributed by atoms with E-state index in [4.69, 9.17) is 4.18 Å². The van der Waals surface area contributed by atoms with Crippen molar-refractivity contribution in [1.82, 2.24) is 5.43 Å². The minimum atomic E-state index is -3.90. The van der Waals surface area contributed by atoms with E-state index < -0.39 is 10.1 Å². The van der Waals surface area contributed by atoms with Gasteiger partial charge in [-0.15, -0.1) is 0 Å². The monoisotopic (exact) mass is 424 g/mol. The van der Waals surface area contributed by atoms with Crippen LogP contribution < -0.4 is 9.61 Å². The van der Waals surface area contributed by atoms with Crippen LogP contribution in [0.2, 0.25) is 0 Å². The molecule has 3 rings (SSSR count). The lowest BCUT2D eigenvalue weighted by molar-refractivity contribution is -0.121. The minimum absolute atomic E-state index is 0.0715. The molecule has 30 heavy (non-hydrogen) atoms. The molecule has 3 aromatic rings. The Morgan fingerprint density at radius 3 is 2.33 bits per heavy atom. The number of nitrogens with zero attached hydrogens (tertiary/aromatic N) is 1. The molecule has 154 valence electrons.